The summed E-state index contributed by atoms with van der Waals surface area (Å²) in [6.07, 6.45) is 9.62. The molecule has 1 fully saturated rings. The van der Waals surface area contributed by atoms with Gasteiger partial charge in [-0.3, -0.25) is 0 Å². The van der Waals surface area contributed by atoms with E-state index in [0.29, 0.717) is 0 Å². The molecule has 0 aliphatic heterocycles. The van der Waals surface area contributed by atoms with Crippen molar-refractivity contribution in [3.63, 3.8) is 0 Å². The van der Waals surface area contributed by atoms with Crippen molar-refractivity contribution >= 4 is 21.4 Å². The normalized spacial score (nSPS) is 18.8. The van der Waals surface area contributed by atoms with Crippen LogP contribution in [0.3, 0.4) is 0 Å². The molecule has 1 aliphatic carbocycles. The molecule has 3 rings (SSSR count). The van der Waals surface area contributed by atoms with Crippen LogP contribution in [0.4, 0.5) is 0 Å². The van der Waals surface area contributed by atoms with Gasteiger partial charge in [-0.2, -0.15) is 0 Å². The second kappa shape index (κ2) is 6.06. The van der Waals surface area contributed by atoms with Crippen LogP contribution in [-0.4, -0.2) is 0 Å². The monoisotopic (exact) mass is 273 g/mol. The Kier molecular flexibility index (Phi) is 4.19. The highest BCUT2D eigenvalue weighted by molar-refractivity contribution is 7.17. The maximum absolute atomic E-state index is 6.43. The average molecular weight is 273 g/mol. The summed E-state index contributed by atoms with van der Waals surface area (Å²) in [5.41, 5.74) is 7.79. The molecule has 2 heteroatoms. The van der Waals surface area contributed by atoms with Crippen molar-refractivity contribution in [1.29, 1.82) is 0 Å². The average Bonchev–Trinajstić information content (AvgIpc) is 2.90. The van der Waals surface area contributed by atoms with Crippen LogP contribution in [0.5, 0.6) is 0 Å². The first-order valence-corrected chi connectivity index (χ1v) is 8.44. The van der Waals surface area contributed by atoms with Crippen LogP contribution in [0.1, 0.15) is 56.6 Å². The summed E-state index contributed by atoms with van der Waals surface area (Å²) in [4.78, 5) is 0. The lowest BCUT2D eigenvalue weighted by Crippen LogP contribution is -2.13. The number of rotatable bonds is 4. The highest BCUT2D eigenvalue weighted by Gasteiger charge is 2.17. The molecule has 1 nitrogen and oxygen atoms in total. The molecule has 1 unspecified atom stereocenters. The summed E-state index contributed by atoms with van der Waals surface area (Å²) in [6, 6.07) is 8.85. The molecule has 0 radical (unpaired) electrons. The van der Waals surface area contributed by atoms with Crippen molar-refractivity contribution in [3.8, 4) is 0 Å². The largest absolute Gasteiger partial charge is 0.324 e. The van der Waals surface area contributed by atoms with Gasteiger partial charge in [-0.25, -0.2) is 0 Å². The molecule has 1 aromatic carbocycles. The summed E-state index contributed by atoms with van der Waals surface area (Å²) in [7, 11) is 0. The number of nitrogens with two attached hydrogens (primary N) is 1. The maximum atomic E-state index is 6.43. The van der Waals surface area contributed by atoms with Crippen molar-refractivity contribution < 1.29 is 0 Å². The van der Waals surface area contributed by atoms with Gasteiger partial charge < -0.3 is 5.73 Å². The molecule has 19 heavy (non-hydrogen) atoms. The van der Waals surface area contributed by atoms with E-state index in [9.17, 15) is 0 Å². The van der Waals surface area contributed by atoms with E-state index >= 15 is 0 Å². The molecule has 0 spiro atoms. The van der Waals surface area contributed by atoms with Gasteiger partial charge in [0.2, 0.25) is 0 Å². The fourth-order valence-corrected chi connectivity index (χ4v) is 4.36. The third-order valence-electron chi connectivity index (χ3n) is 4.52. The topological polar surface area (TPSA) is 26.0 Å². The molecule has 102 valence electrons. The van der Waals surface area contributed by atoms with Crippen LogP contribution in [0.15, 0.2) is 29.6 Å². The van der Waals surface area contributed by atoms with Gasteiger partial charge in [-0.1, -0.05) is 50.3 Å². The zero-order valence-corrected chi connectivity index (χ0v) is 12.3. The molecule has 0 saturated heterocycles. The predicted octanol–water partition coefficient (Wildman–Crippen LogP) is 5.26. The second-order valence-electron chi connectivity index (χ2n) is 5.88. The van der Waals surface area contributed by atoms with Gasteiger partial charge in [0, 0.05) is 10.7 Å². The fraction of sp³-hybridized carbons (Fsp3) is 0.529. The van der Waals surface area contributed by atoms with Crippen LogP contribution >= 0.6 is 11.3 Å². The molecule has 1 aromatic heterocycles. The Bertz CT molecular complexity index is 525. The molecular weight excluding hydrogens is 250 g/mol. The third kappa shape index (κ3) is 3.01. The molecule has 1 heterocycles. The van der Waals surface area contributed by atoms with Gasteiger partial charge in [0.1, 0.15) is 0 Å². The standard InChI is InChI=1S/C17H23NS/c18-16(11-10-13-6-2-1-3-7-13)15-12-19-17-9-5-4-8-14(15)17/h4-5,8-9,12-13,16H,1-3,6-7,10-11,18H2. The van der Waals surface area contributed by atoms with Gasteiger partial charge in [-0.05, 0) is 41.2 Å². The maximum Gasteiger partial charge on any atom is 0.0346 e. The van der Waals surface area contributed by atoms with Crippen molar-refractivity contribution in [3.05, 3.63) is 35.2 Å². The third-order valence-corrected chi connectivity index (χ3v) is 5.50. The first-order valence-electron chi connectivity index (χ1n) is 7.56. The Balaban J connectivity index is 1.64. The molecule has 0 bridgehead atoms. The van der Waals surface area contributed by atoms with Gasteiger partial charge >= 0.3 is 0 Å². The van der Waals surface area contributed by atoms with Gasteiger partial charge in [0.05, 0.1) is 0 Å². The van der Waals surface area contributed by atoms with Gasteiger partial charge in [0.25, 0.3) is 0 Å². The molecule has 0 amide bonds. The lowest BCUT2D eigenvalue weighted by Gasteiger charge is -2.22. The van der Waals surface area contributed by atoms with Crippen molar-refractivity contribution in [1.82, 2.24) is 0 Å². The SMILES string of the molecule is NC(CCC1CCCCC1)c1csc2ccccc12. The minimum Gasteiger partial charge on any atom is -0.324 e. The summed E-state index contributed by atoms with van der Waals surface area (Å²) in [5.74, 6) is 0.935. The fourth-order valence-electron chi connectivity index (χ4n) is 3.33. The highest BCUT2D eigenvalue weighted by atomic mass is 32.1. The molecule has 1 aliphatic rings. The van der Waals surface area contributed by atoms with E-state index in [1.807, 2.05) is 11.3 Å². The number of benzene rings is 1. The Labute approximate surface area is 119 Å². The Morgan fingerprint density at radius 1 is 1.16 bits per heavy atom. The van der Waals surface area contributed by atoms with Crippen LogP contribution in [0.25, 0.3) is 10.1 Å². The first kappa shape index (κ1) is 13.1. The summed E-state index contributed by atoms with van der Waals surface area (Å²) >= 11 is 1.82. The molecule has 2 aromatic rings. The zero-order valence-electron chi connectivity index (χ0n) is 11.5. The van der Waals surface area contributed by atoms with E-state index in [0.717, 1.165) is 12.3 Å². The summed E-state index contributed by atoms with van der Waals surface area (Å²) in [5, 5.41) is 3.62. The predicted molar refractivity (Wildman–Crippen MR) is 84.6 cm³/mol. The smallest absolute Gasteiger partial charge is 0.0346 e. The summed E-state index contributed by atoms with van der Waals surface area (Å²) < 4.78 is 1.37. The van der Waals surface area contributed by atoms with E-state index in [1.54, 1.807) is 0 Å². The number of fused-ring (bicyclic) bond motifs is 1. The molecule has 1 saturated carbocycles. The van der Waals surface area contributed by atoms with Crippen LogP contribution in [-0.2, 0) is 0 Å². The van der Waals surface area contributed by atoms with Crippen molar-refractivity contribution in [2.75, 3.05) is 0 Å². The Morgan fingerprint density at radius 3 is 2.79 bits per heavy atom. The second-order valence-corrected chi connectivity index (χ2v) is 6.79. The zero-order chi connectivity index (χ0) is 13.1. The first-order chi connectivity index (χ1) is 9.34. The van der Waals surface area contributed by atoms with E-state index in [4.69, 9.17) is 5.73 Å². The van der Waals surface area contributed by atoms with Crippen LogP contribution < -0.4 is 5.73 Å². The highest BCUT2D eigenvalue weighted by Crippen LogP contribution is 2.34. The summed E-state index contributed by atoms with van der Waals surface area (Å²) in [6.45, 7) is 0. The van der Waals surface area contributed by atoms with Gasteiger partial charge in [-0.15, -0.1) is 11.3 Å². The number of hydrogen-bond donors (Lipinski definition) is 1. The lowest BCUT2D eigenvalue weighted by atomic mass is 9.84. The van der Waals surface area contributed by atoms with E-state index < -0.39 is 0 Å². The van der Waals surface area contributed by atoms with Crippen LogP contribution in [0.2, 0.25) is 0 Å². The minimum absolute atomic E-state index is 0.220. The molecule has 2 N–H and O–H groups in total. The van der Waals surface area contributed by atoms with E-state index in [-0.39, 0.29) is 6.04 Å². The molecular formula is C17H23NS. The lowest BCUT2D eigenvalue weighted by molar-refractivity contribution is 0.324. The van der Waals surface area contributed by atoms with Gasteiger partial charge in [0.15, 0.2) is 0 Å². The Hall–Kier alpha value is -0.860. The minimum atomic E-state index is 0.220. The van der Waals surface area contributed by atoms with E-state index in [1.165, 1.54) is 54.2 Å². The van der Waals surface area contributed by atoms with Crippen LogP contribution in [0, 0.1) is 5.92 Å². The van der Waals surface area contributed by atoms with E-state index in [2.05, 4.69) is 29.6 Å². The quantitative estimate of drug-likeness (QED) is 0.807. The number of thiophene rings is 1. The molecule has 1 atom stereocenters. The van der Waals surface area contributed by atoms with Crippen molar-refractivity contribution in [2.24, 2.45) is 11.7 Å². The van der Waals surface area contributed by atoms with Crippen molar-refractivity contribution in [2.45, 2.75) is 51.0 Å². The number of hydrogen-bond acceptors (Lipinski definition) is 2. The Morgan fingerprint density at radius 2 is 1.95 bits per heavy atom.